The Morgan fingerprint density at radius 2 is 1.94 bits per heavy atom. The lowest BCUT2D eigenvalue weighted by atomic mass is 10.2. The maximum Gasteiger partial charge on any atom is 0.213 e. The molecule has 0 unspecified atom stereocenters. The Labute approximate surface area is 110 Å². The number of ketones is 1. The normalized spacial score (nSPS) is 10.8. The van der Waals surface area contributed by atoms with Gasteiger partial charge in [0.05, 0.1) is 16.8 Å². The molecule has 2 rings (SSSR count). The molecule has 1 heterocycles. The highest BCUT2D eigenvalue weighted by Gasteiger charge is 2.02. The predicted octanol–water partition coefficient (Wildman–Crippen LogP) is 3.40. The molecule has 0 radical (unpaired) electrons. The van der Waals surface area contributed by atoms with Crippen LogP contribution in [0.25, 0.3) is 0 Å². The van der Waals surface area contributed by atoms with E-state index >= 15 is 0 Å². The fourth-order valence-electron chi connectivity index (χ4n) is 1.45. The van der Waals surface area contributed by atoms with Gasteiger partial charge >= 0.3 is 0 Å². The van der Waals surface area contributed by atoms with Gasteiger partial charge in [-0.1, -0.05) is 6.07 Å². The van der Waals surface area contributed by atoms with E-state index in [1.165, 1.54) is 17.6 Å². The molecular formula is C14H14N2OS. The lowest BCUT2D eigenvalue weighted by molar-refractivity contribution is 0.107. The zero-order chi connectivity index (χ0) is 13.0. The Kier molecular flexibility index (Phi) is 3.89. The molecule has 0 fully saturated rings. The molecule has 4 heteroatoms. The van der Waals surface area contributed by atoms with Crippen molar-refractivity contribution >= 4 is 34.7 Å². The molecule has 0 bridgehead atoms. The minimum absolute atomic E-state index is 0.0540. The summed E-state index contributed by atoms with van der Waals surface area (Å²) >= 11 is 1.43. The quantitative estimate of drug-likeness (QED) is 0.622. The lowest BCUT2D eigenvalue weighted by Crippen LogP contribution is -2.07. The van der Waals surface area contributed by atoms with Crippen molar-refractivity contribution < 1.29 is 4.79 Å². The SMILES string of the molecule is CN(C)c1ccc(N=CC(=O)c2cccs2)cc1. The molecule has 0 spiro atoms. The second-order valence-electron chi connectivity index (χ2n) is 4.01. The first kappa shape index (κ1) is 12.5. The molecule has 3 nitrogen and oxygen atoms in total. The monoisotopic (exact) mass is 258 g/mol. The van der Waals surface area contributed by atoms with E-state index in [9.17, 15) is 4.79 Å². The minimum atomic E-state index is -0.0540. The van der Waals surface area contributed by atoms with Gasteiger partial charge < -0.3 is 4.90 Å². The summed E-state index contributed by atoms with van der Waals surface area (Å²) in [6, 6.07) is 11.4. The van der Waals surface area contributed by atoms with Gasteiger partial charge in [0, 0.05) is 19.8 Å². The molecule has 0 aliphatic rings. The smallest absolute Gasteiger partial charge is 0.213 e. The maximum absolute atomic E-state index is 11.7. The number of benzene rings is 1. The first-order chi connectivity index (χ1) is 8.66. The third-order valence-electron chi connectivity index (χ3n) is 2.46. The van der Waals surface area contributed by atoms with Gasteiger partial charge in [-0.3, -0.25) is 9.79 Å². The summed E-state index contributed by atoms with van der Waals surface area (Å²) in [7, 11) is 3.97. The van der Waals surface area contributed by atoms with Crippen molar-refractivity contribution in [2.45, 2.75) is 0 Å². The molecule has 0 aliphatic carbocycles. The Morgan fingerprint density at radius 3 is 2.50 bits per heavy atom. The zero-order valence-corrected chi connectivity index (χ0v) is 11.1. The van der Waals surface area contributed by atoms with Crippen LogP contribution in [-0.4, -0.2) is 26.1 Å². The molecule has 0 atom stereocenters. The summed E-state index contributed by atoms with van der Waals surface area (Å²) in [6.07, 6.45) is 1.37. The number of thiophene rings is 1. The van der Waals surface area contributed by atoms with Gasteiger partial charge in [-0.15, -0.1) is 11.3 Å². The van der Waals surface area contributed by atoms with E-state index in [0.29, 0.717) is 4.88 Å². The number of Topliss-reactive ketones (excluding diaryl/α,β-unsaturated/α-hetero) is 1. The van der Waals surface area contributed by atoms with Crippen LogP contribution in [0.5, 0.6) is 0 Å². The number of hydrogen-bond acceptors (Lipinski definition) is 4. The molecule has 0 N–H and O–H groups in total. The van der Waals surface area contributed by atoms with E-state index in [1.54, 1.807) is 6.07 Å². The predicted molar refractivity (Wildman–Crippen MR) is 77.6 cm³/mol. The van der Waals surface area contributed by atoms with Gasteiger partial charge in [-0.25, -0.2) is 0 Å². The Balaban J connectivity index is 2.07. The average molecular weight is 258 g/mol. The van der Waals surface area contributed by atoms with E-state index in [1.807, 2.05) is 54.7 Å². The van der Waals surface area contributed by atoms with E-state index in [4.69, 9.17) is 0 Å². The van der Waals surface area contributed by atoms with Crippen LogP contribution in [0.4, 0.5) is 11.4 Å². The van der Waals surface area contributed by atoms with Crippen molar-refractivity contribution in [2.24, 2.45) is 4.99 Å². The van der Waals surface area contributed by atoms with Gasteiger partial charge in [0.25, 0.3) is 0 Å². The average Bonchev–Trinajstić information content (AvgIpc) is 2.90. The summed E-state index contributed by atoms with van der Waals surface area (Å²) in [4.78, 5) is 18.6. The zero-order valence-electron chi connectivity index (χ0n) is 10.3. The standard InChI is InChI=1S/C14H14N2OS/c1-16(2)12-7-5-11(6-8-12)15-10-13(17)14-4-3-9-18-14/h3-10H,1-2H3. The largest absolute Gasteiger partial charge is 0.378 e. The van der Waals surface area contributed by atoms with Crippen molar-refractivity contribution in [3.63, 3.8) is 0 Å². The number of aliphatic imine (C=N–C) groups is 1. The highest BCUT2D eigenvalue weighted by Crippen LogP contribution is 2.18. The van der Waals surface area contributed by atoms with Crippen molar-refractivity contribution in [3.8, 4) is 0 Å². The highest BCUT2D eigenvalue weighted by molar-refractivity contribution is 7.12. The van der Waals surface area contributed by atoms with Gasteiger partial charge in [0.15, 0.2) is 0 Å². The van der Waals surface area contributed by atoms with E-state index in [2.05, 4.69) is 4.99 Å². The van der Waals surface area contributed by atoms with Crippen molar-refractivity contribution in [1.82, 2.24) is 0 Å². The van der Waals surface area contributed by atoms with Crippen molar-refractivity contribution in [1.29, 1.82) is 0 Å². The van der Waals surface area contributed by atoms with E-state index in [-0.39, 0.29) is 5.78 Å². The summed E-state index contributed by atoms with van der Waals surface area (Å²) in [5, 5.41) is 1.88. The molecule has 0 amide bonds. The Bertz CT molecular complexity index is 542. The fourth-order valence-corrected chi connectivity index (χ4v) is 2.08. The van der Waals surface area contributed by atoms with Gasteiger partial charge in [-0.2, -0.15) is 0 Å². The first-order valence-electron chi connectivity index (χ1n) is 5.56. The van der Waals surface area contributed by atoms with Gasteiger partial charge in [0.2, 0.25) is 5.78 Å². The van der Waals surface area contributed by atoms with Crippen LogP contribution in [0.3, 0.4) is 0 Å². The molecule has 0 aliphatic heterocycles. The summed E-state index contributed by atoms with van der Waals surface area (Å²) in [5.74, 6) is -0.0540. The number of carbonyl (C=O) groups excluding carboxylic acids is 1. The minimum Gasteiger partial charge on any atom is -0.378 e. The number of anilines is 1. The van der Waals surface area contributed by atoms with Crippen LogP contribution in [-0.2, 0) is 0 Å². The van der Waals surface area contributed by atoms with Crippen LogP contribution < -0.4 is 4.90 Å². The van der Waals surface area contributed by atoms with E-state index in [0.717, 1.165) is 11.4 Å². The molecule has 1 aromatic heterocycles. The van der Waals surface area contributed by atoms with Crippen LogP contribution >= 0.6 is 11.3 Å². The number of carbonyl (C=O) groups is 1. The number of rotatable bonds is 4. The number of hydrogen-bond donors (Lipinski definition) is 0. The number of nitrogens with zero attached hydrogens (tertiary/aromatic N) is 2. The molecule has 1 aromatic carbocycles. The third kappa shape index (κ3) is 3.05. The molecule has 18 heavy (non-hydrogen) atoms. The third-order valence-corrected chi connectivity index (χ3v) is 3.35. The van der Waals surface area contributed by atoms with Crippen LogP contribution in [0.15, 0.2) is 46.8 Å². The molecular weight excluding hydrogens is 244 g/mol. The van der Waals surface area contributed by atoms with Gasteiger partial charge in [-0.05, 0) is 35.7 Å². The van der Waals surface area contributed by atoms with E-state index < -0.39 is 0 Å². The fraction of sp³-hybridized carbons (Fsp3) is 0.143. The van der Waals surface area contributed by atoms with Crippen molar-refractivity contribution in [2.75, 3.05) is 19.0 Å². The van der Waals surface area contributed by atoms with Crippen LogP contribution in [0.1, 0.15) is 9.67 Å². The van der Waals surface area contributed by atoms with Gasteiger partial charge in [0.1, 0.15) is 0 Å². The molecule has 2 aromatic rings. The topological polar surface area (TPSA) is 32.7 Å². The summed E-state index contributed by atoms with van der Waals surface area (Å²) in [6.45, 7) is 0. The summed E-state index contributed by atoms with van der Waals surface area (Å²) in [5.41, 5.74) is 1.89. The maximum atomic E-state index is 11.7. The highest BCUT2D eigenvalue weighted by atomic mass is 32.1. The molecule has 0 saturated heterocycles. The first-order valence-corrected chi connectivity index (χ1v) is 6.44. The van der Waals surface area contributed by atoms with Crippen molar-refractivity contribution in [3.05, 3.63) is 46.7 Å². The lowest BCUT2D eigenvalue weighted by Gasteiger charge is -2.11. The summed E-state index contributed by atoms with van der Waals surface area (Å²) < 4.78 is 0. The van der Waals surface area contributed by atoms with Crippen LogP contribution in [0, 0.1) is 0 Å². The second-order valence-corrected chi connectivity index (χ2v) is 4.96. The van der Waals surface area contributed by atoms with Crippen LogP contribution in [0.2, 0.25) is 0 Å². The second kappa shape index (κ2) is 5.60. The Hall–Kier alpha value is -1.94. The Morgan fingerprint density at radius 1 is 1.22 bits per heavy atom. The molecule has 0 saturated carbocycles. The molecule has 92 valence electrons.